The Kier molecular flexibility index (Phi) is 56.6. The van der Waals surface area contributed by atoms with Gasteiger partial charge in [0.2, 0.25) is 0 Å². The second kappa shape index (κ2) is 15.8. The first-order valence-electron chi connectivity index (χ1n) is 0.908. The van der Waals surface area contributed by atoms with Crippen molar-refractivity contribution < 1.29 is 56.2 Å². The number of carboxylic acid groups (broad SMARTS) is 1. The van der Waals surface area contributed by atoms with Gasteiger partial charge in [-0.1, -0.05) is 0 Å². The number of halogens is 1. The topological polar surface area (TPSA) is 40.1 Å². The van der Waals surface area contributed by atoms with Crippen LogP contribution in [0.1, 0.15) is 6.92 Å². The van der Waals surface area contributed by atoms with Gasteiger partial charge in [-0.3, -0.25) is 0 Å². The molecule has 2 radical (unpaired) electrons. The van der Waals surface area contributed by atoms with Gasteiger partial charge in [0.25, 0.3) is 0 Å². The summed E-state index contributed by atoms with van der Waals surface area (Å²) in [5.74, 6) is -1.08. The molecule has 0 aliphatic carbocycles. The van der Waals surface area contributed by atoms with Gasteiger partial charge in [-0.2, -0.15) is 0 Å². The zero-order valence-electron chi connectivity index (χ0n) is 3.41. The third kappa shape index (κ3) is 252. The van der Waals surface area contributed by atoms with Crippen molar-refractivity contribution in [2.75, 3.05) is 0 Å². The Bertz CT molecular complexity index is 38.7. The van der Waals surface area contributed by atoms with Gasteiger partial charge < -0.3 is 22.3 Å². The van der Waals surface area contributed by atoms with Crippen molar-refractivity contribution in [3.8, 4) is 0 Å². The zero-order valence-corrected chi connectivity index (χ0v) is 6.38. The zero-order chi connectivity index (χ0) is 3.58. The van der Waals surface area contributed by atoms with E-state index in [2.05, 4.69) is 0 Å². The van der Waals surface area contributed by atoms with Gasteiger partial charge in [0, 0.05) is 5.97 Å². The van der Waals surface area contributed by atoms with Crippen LogP contribution in [-0.2, 0) is 38.6 Å². The molecule has 0 atom stereocenters. The van der Waals surface area contributed by atoms with Gasteiger partial charge in [-0.15, -0.1) is 0 Å². The van der Waals surface area contributed by atoms with Crippen molar-refractivity contribution in [3.05, 3.63) is 0 Å². The minimum atomic E-state index is -1.08. The van der Waals surface area contributed by atoms with Gasteiger partial charge in [-0.05, 0) is 6.92 Å². The fraction of sp³-hybridized carbons (Fsp3) is 0.500. The quantitative estimate of drug-likeness (QED) is 0.378. The monoisotopic (exact) mass is 208 g/mol. The molecule has 0 saturated carbocycles. The smallest absolute Gasteiger partial charge is 1.00 e. The third-order valence-corrected chi connectivity index (χ3v) is 0. The molecule has 0 bridgehead atoms. The van der Waals surface area contributed by atoms with Crippen LogP contribution in [0.4, 0.5) is 0 Å². The van der Waals surface area contributed by atoms with E-state index in [1.54, 1.807) is 0 Å². The van der Waals surface area contributed by atoms with Crippen LogP contribution in [-0.4, -0.2) is 5.97 Å². The summed E-state index contributed by atoms with van der Waals surface area (Å²) in [5.41, 5.74) is 0. The summed E-state index contributed by atoms with van der Waals surface area (Å²) in [7, 11) is 0. The number of rotatable bonds is 0. The molecule has 0 aromatic carbocycles. The average Bonchev–Trinajstić information content (AvgIpc) is 0.811. The Balaban J connectivity index is -0.0000000150. The van der Waals surface area contributed by atoms with Gasteiger partial charge in [-0.25, -0.2) is 0 Å². The third-order valence-electron chi connectivity index (χ3n) is 0. The molecular formula is C2H3ClCoMnO2+2. The number of hydrogen-bond acceptors (Lipinski definition) is 2. The molecule has 44 valence electrons. The minimum Gasteiger partial charge on any atom is -1.00 e. The summed E-state index contributed by atoms with van der Waals surface area (Å²) in [4.78, 5) is 8.89. The predicted molar refractivity (Wildman–Crippen MR) is 10.7 cm³/mol. The molecule has 0 aromatic rings. The number of carboxylic acids is 1. The molecule has 0 aliphatic rings. The molecule has 0 spiro atoms. The number of hydrogen-bond donors (Lipinski definition) is 0. The van der Waals surface area contributed by atoms with Crippen LogP contribution in [0.25, 0.3) is 0 Å². The molecule has 2 nitrogen and oxygen atoms in total. The van der Waals surface area contributed by atoms with E-state index in [0.717, 1.165) is 6.92 Å². The van der Waals surface area contributed by atoms with E-state index < -0.39 is 5.97 Å². The van der Waals surface area contributed by atoms with Crippen molar-refractivity contribution in [2.45, 2.75) is 6.92 Å². The van der Waals surface area contributed by atoms with E-state index in [1.807, 2.05) is 0 Å². The summed E-state index contributed by atoms with van der Waals surface area (Å²) in [6.45, 7) is 0.972. The van der Waals surface area contributed by atoms with E-state index in [-0.39, 0.29) is 46.3 Å². The molecule has 0 rings (SSSR count). The Hall–Kier alpha value is 0.786. The molecule has 5 heteroatoms. The molecule has 0 N–H and O–H groups in total. The summed E-state index contributed by atoms with van der Waals surface area (Å²) in [6.07, 6.45) is 0. The van der Waals surface area contributed by atoms with Crippen LogP contribution in [0.15, 0.2) is 0 Å². The fourth-order valence-electron chi connectivity index (χ4n) is 0. The standard InChI is InChI=1S/C2H4O2.ClH.Co.Mn/c1-2(3)4;;;/h1H3,(H,3,4);1H;;/q;;2*+2/p-2. The second-order valence-electron chi connectivity index (χ2n) is 0.492. The molecule has 0 unspecified atom stereocenters. The first-order chi connectivity index (χ1) is 1.73. The fourth-order valence-corrected chi connectivity index (χ4v) is 0. The van der Waals surface area contributed by atoms with Crippen LogP contribution < -0.4 is 17.5 Å². The molecule has 0 amide bonds. The summed E-state index contributed by atoms with van der Waals surface area (Å²) >= 11 is 0. The Morgan fingerprint density at radius 2 is 1.57 bits per heavy atom. The average molecular weight is 208 g/mol. The van der Waals surface area contributed by atoms with Gasteiger partial charge in [0.1, 0.15) is 0 Å². The molecule has 0 aromatic heterocycles. The van der Waals surface area contributed by atoms with Crippen LogP contribution in [0, 0.1) is 0 Å². The minimum absolute atomic E-state index is 0. The van der Waals surface area contributed by atoms with Crippen molar-refractivity contribution in [2.24, 2.45) is 0 Å². The van der Waals surface area contributed by atoms with Crippen molar-refractivity contribution in [3.63, 3.8) is 0 Å². The van der Waals surface area contributed by atoms with E-state index in [9.17, 15) is 0 Å². The van der Waals surface area contributed by atoms with Gasteiger partial charge in [0.05, 0.1) is 0 Å². The largest absolute Gasteiger partial charge is 2.00 e. The van der Waals surface area contributed by atoms with Gasteiger partial charge in [0.15, 0.2) is 0 Å². The maximum Gasteiger partial charge on any atom is 2.00 e. The maximum atomic E-state index is 8.89. The van der Waals surface area contributed by atoms with E-state index in [1.165, 1.54) is 0 Å². The summed E-state index contributed by atoms with van der Waals surface area (Å²) < 4.78 is 0. The molecule has 0 saturated heterocycles. The molecular weight excluding hydrogens is 205 g/mol. The predicted octanol–water partition coefficient (Wildman–Crippen LogP) is -4.24. The molecule has 0 heterocycles. The first kappa shape index (κ1) is 25.0. The van der Waals surface area contributed by atoms with Crippen LogP contribution >= 0.6 is 0 Å². The van der Waals surface area contributed by atoms with Crippen molar-refractivity contribution in [1.29, 1.82) is 0 Å². The maximum absolute atomic E-state index is 8.89. The number of aliphatic carboxylic acids is 1. The van der Waals surface area contributed by atoms with E-state index >= 15 is 0 Å². The second-order valence-corrected chi connectivity index (χ2v) is 0.492. The Labute approximate surface area is 69.1 Å². The normalized spacial score (nSPS) is 3.57. The van der Waals surface area contributed by atoms with Crippen molar-refractivity contribution in [1.82, 2.24) is 0 Å². The number of carbonyl (C=O) groups excluding carboxylic acids is 1. The van der Waals surface area contributed by atoms with Gasteiger partial charge >= 0.3 is 33.8 Å². The SMILES string of the molecule is CC(=O)[O-].[Cl-].[Co+2].[Mn+2]. The van der Waals surface area contributed by atoms with Crippen molar-refractivity contribution >= 4 is 5.97 Å². The first-order valence-corrected chi connectivity index (χ1v) is 0.908. The van der Waals surface area contributed by atoms with Crippen LogP contribution in [0.2, 0.25) is 0 Å². The van der Waals surface area contributed by atoms with E-state index in [0.29, 0.717) is 0 Å². The molecule has 0 fully saturated rings. The summed E-state index contributed by atoms with van der Waals surface area (Å²) in [5, 5.41) is 8.89. The summed E-state index contributed by atoms with van der Waals surface area (Å²) in [6, 6.07) is 0. The number of carbonyl (C=O) groups is 1. The van der Waals surface area contributed by atoms with Crippen LogP contribution in [0.3, 0.4) is 0 Å². The molecule has 0 aliphatic heterocycles. The molecule has 7 heavy (non-hydrogen) atoms. The van der Waals surface area contributed by atoms with Crippen LogP contribution in [0.5, 0.6) is 0 Å². The Morgan fingerprint density at radius 3 is 1.57 bits per heavy atom. The van der Waals surface area contributed by atoms with E-state index in [4.69, 9.17) is 9.90 Å². The Morgan fingerprint density at radius 1 is 1.57 bits per heavy atom.